The number of carbonyl (C=O) groups excluding carboxylic acids is 1. The number of nitrogens with zero attached hydrogens (tertiary/aromatic N) is 1. The van der Waals surface area contributed by atoms with Crippen molar-refractivity contribution < 1.29 is 13.9 Å². The van der Waals surface area contributed by atoms with Crippen LogP contribution in [0.2, 0.25) is 0 Å². The van der Waals surface area contributed by atoms with Crippen molar-refractivity contribution in [1.82, 2.24) is 10.2 Å². The summed E-state index contributed by atoms with van der Waals surface area (Å²) in [7, 11) is 0. The number of halogens is 1. The van der Waals surface area contributed by atoms with Gasteiger partial charge in [-0.05, 0) is 17.2 Å². The Balaban J connectivity index is 1.64. The molecule has 4 nitrogen and oxygen atoms in total. The Bertz CT molecular complexity index is 687. The third-order valence-corrected chi connectivity index (χ3v) is 4.47. The van der Waals surface area contributed by atoms with Gasteiger partial charge in [0.25, 0.3) is 0 Å². The van der Waals surface area contributed by atoms with Crippen LogP contribution < -0.4 is 5.32 Å². The highest BCUT2D eigenvalue weighted by atomic mass is 19.1. The summed E-state index contributed by atoms with van der Waals surface area (Å²) in [6.07, 6.45) is 0.0529. The van der Waals surface area contributed by atoms with Gasteiger partial charge in [0.2, 0.25) is 5.91 Å². The lowest BCUT2D eigenvalue weighted by Crippen LogP contribution is -2.44. The normalized spacial score (nSPS) is 16.4. The van der Waals surface area contributed by atoms with Crippen LogP contribution in [-0.4, -0.2) is 43.7 Å². The average Bonchev–Trinajstić information content (AvgIpc) is 2.66. The Morgan fingerprint density at radius 3 is 2.48 bits per heavy atom. The Labute approximate surface area is 147 Å². The van der Waals surface area contributed by atoms with E-state index in [0.29, 0.717) is 25.3 Å². The summed E-state index contributed by atoms with van der Waals surface area (Å²) < 4.78 is 19.1. The van der Waals surface area contributed by atoms with Crippen LogP contribution in [0.4, 0.5) is 4.39 Å². The molecule has 1 aliphatic heterocycles. The molecule has 1 aliphatic rings. The molecule has 0 aromatic heterocycles. The third-order valence-electron chi connectivity index (χ3n) is 4.47. The van der Waals surface area contributed by atoms with Crippen LogP contribution in [0.1, 0.15) is 17.2 Å². The number of amides is 1. The van der Waals surface area contributed by atoms with Crippen molar-refractivity contribution in [3.63, 3.8) is 0 Å². The maximum absolute atomic E-state index is 13.7. The first-order valence-corrected chi connectivity index (χ1v) is 8.61. The maximum atomic E-state index is 13.7. The molecule has 5 heteroatoms. The first kappa shape index (κ1) is 17.6. The first-order chi connectivity index (χ1) is 12.2. The number of morpholine rings is 1. The first-order valence-electron chi connectivity index (χ1n) is 8.61. The molecule has 132 valence electrons. The van der Waals surface area contributed by atoms with Gasteiger partial charge in [-0.1, -0.05) is 48.5 Å². The van der Waals surface area contributed by atoms with Gasteiger partial charge < -0.3 is 10.1 Å². The van der Waals surface area contributed by atoms with Gasteiger partial charge >= 0.3 is 0 Å². The number of hydrogen-bond donors (Lipinski definition) is 1. The minimum atomic E-state index is -0.342. The predicted molar refractivity (Wildman–Crippen MR) is 94.7 cm³/mol. The largest absolute Gasteiger partial charge is 0.379 e. The zero-order valence-corrected chi connectivity index (χ0v) is 14.2. The van der Waals surface area contributed by atoms with Crippen LogP contribution >= 0.6 is 0 Å². The zero-order chi connectivity index (χ0) is 17.5. The zero-order valence-electron chi connectivity index (χ0n) is 14.2. The summed E-state index contributed by atoms with van der Waals surface area (Å²) in [5.41, 5.74) is 1.58. The molecular formula is C20H23FN2O2. The van der Waals surface area contributed by atoms with Crippen LogP contribution in [0.25, 0.3) is 0 Å². The molecule has 2 aromatic carbocycles. The topological polar surface area (TPSA) is 41.6 Å². The monoisotopic (exact) mass is 342 g/mol. The van der Waals surface area contributed by atoms with Crippen molar-refractivity contribution in [2.24, 2.45) is 0 Å². The number of rotatable bonds is 6. The van der Waals surface area contributed by atoms with Gasteiger partial charge in [-0.15, -0.1) is 0 Å². The molecular weight excluding hydrogens is 319 g/mol. The van der Waals surface area contributed by atoms with Crippen molar-refractivity contribution in [2.45, 2.75) is 12.5 Å². The van der Waals surface area contributed by atoms with Gasteiger partial charge in [-0.25, -0.2) is 4.39 Å². The Morgan fingerprint density at radius 1 is 1.08 bits per heavy atom. The fourth-order valence-electron chi connectivity index (χ4n) is 3.11. The lowest BCUT2D eigenvalue weighted by Gasteiger charge is -2.35. The van der Waals surface area contributed by atoms with E-state index in [2.05, 4.69) is 22.3 Å². The molecule has 1 amide bonds. The van der Waals surface area contributed by atoms with E-state index >= 15 is 0 Å². The van der Waals surface area contributed by atoms with Crippen LogP contribution in [0, 0.1) is 5.82 Å². The van der Waals surface area contributed by atoms with Crippen molar-refractivity contribution in [3.8, 4) is 0 Å². The van der Waals surface area contributed by atoms with E-state index in [4.69, 9.17) is 4.74 Å². The molecule has 2 aromatic rings. The fraction of sp³-hybridized carbons (Fsp3) is 0.350. The molecule has 1 heterocycles. The minimum Gasteiger partial charge on any atom is -0.379 e. The van der Waals surface area contributed by atoms with E-state index in [9.17, 15) is 9.18 Å². The third kappa shape index (κ3) is 4.87. The van der Waals surface area contributed by atoms with Crippen molar-refractivity contribution in [2.75, 3.05) is 32.8 Å². The molecule has 1 unspecified atom stereocenters. The predicted octanol–water partition coefficient (Wildman–Crippen LogP) is 2.56. The highest BCUT2D eigenvalue weighted by Gasteiger charge is 2.23. The SMILES string of the molecule is O=C(Cc1ccccc1F)NCC(c1ccccc1)N1CCOCC1. The van der Waals surface area contributed by atoms with Crippen molar-refractivity contribution >= 4 is 5.91 Å². The summed E-state index contributed by atoms with van der Waals surface area (Å²) in [4.78, 5) is 14.6. The molecule has 0 spiro atoms. The van der Waals surface area contributed by atoms with E-state index < -0.39 is 0 Å². The van der Waals surface area contributed by atoms with E-state index in [0.717, 1.165) is 18.7 Å². The Hall–Kier alpha value is -2.24. The van der Waals surface area contributed by atoms with Crippen LogP contribution in [-0.2, 0) is 16.0 Å². The molecule has 0 saturated carbocycles. The second-order valence-corrected chi connectivity index (χ2v) is 6.15. The van der Waals surface area contributed by atoms with Crippen LogP contribution in [0.15, 0.2) is 54.6 Å². The van der Waals surface area contributed by atoms with E-state index in [1.807, 2.05) is 18.2 Å². The number of nitrogens with one attached hydrogen (secondary N) is 1. The van der Waals surface area contributed by atoms with Crippen molar-refractivity contribution in [3.05, 3.63) is 71.5 Å². The molecule has 1 saturated heterocycles. The molecule has 0 aliphatic carbocycles. The highest BCUT2D eigenvalue weighted by molar-refractivity contribution is 5.78. The summed E-state index contributed by atoms with van der Waals surface area (Å²) in [6.45, 7) is 3.57. The number of ether oxygens (including phenoxy) is 1. The van der Waals surface area contributed by atoms with Gasteiger partial charge in [0.1, 0.15) is 5.82 Å². The lowest BCUT2D eigenvalue weighted by atomic mass is 10.0. The van der Waals surface area contributed by atoms with Crippen molar-refractivity contribution in [1.29, 1.82) is 0 Å². The lowest BCUT2D eigenvalue weighted by molar-refractivity contribution is -0.120. The summed E-state index contributed by atoms with van der Waals surface area (Å²) in [5.74, 6) is -0.510. The fourth-order valence-corrected chi connectivity index (χ4v) is 3.11. The Kier molecular flexibility index (Phi) is 6.14. The molecule has 0 bridgehead atoms. The summed E-state index contributed by atoms with van der Waals surface area (Å²) in [6, 6.07) is 16.6. The molecule has 3 rings (SSSR count). The average molecular weight is 342 g/mol. The van der Waals surface area contributed by atoms with E-state index in [-0.39, 0.29) is 24.2 Å². The molecule has 1 fully saturated rings. The molecule has 1 atom stereocenters. The van der Waals surface area contributed by atoms with Gasteiger partial charge in [-0.3, -0.25) is 9.69 Å². The van der Waals surface area contributed by atoms with Gasteiger partial charge in [-0.2, -0.15) is 0 Å². The van der Waals surface area contributed by atoms with Crippen LogP contribution in [0.3, 0.4) is 0 Å². The highest BCUT2D eigenvalue weighted by Crippen LogP contribution is 2.21. The quantitative estimate of drug-likeness (QED) is 0.877. The van der Waals surface area contributed by atoms with Gasteiger partial charge in [0.05, 0.1) is 25.7 Å². The van der Waals surface area contributed by atoms with Crippen LogP contribution in [0.5, 0.6) is 0 Å². The maximum Gasteiger partial charge on any atom is 0.224 e. The molecule has 0 radical (unpaired) electrons. The second-order valence-electron chi connectivity index (χ2n) is 6.15. The van der Waals surface area contributed by atoms with E-state index in [1.54, 1.807) is 18.2 Å². The molecule has 25 heavy (non-hydrogen) atoms. The van der Waals surface area contributed by atoms with E-state index in [1.165, 1.54) is 6.07 Å². The van der Waals surface area contributed by atoms with Gasteiger partial charge in [0, 0.05) is 19.6 Å². The molecule has 1 N–H and O–H groups in total. The van der Waals surface area contributed by atoms with Gasteiger partial charge in [0.15, 0.2) is 0 Å². The number of benzene rings is 2. The second kappa shape index (κ2) is 8.74. The minimum absolute atomic E-state index is 0.0529. The summed E-state index contributed by atoms with van der Waals surface area (Å²) in [5, 5.41) is 2.97. The number of hydrogen-bond acceptors (Lipinski definition) is 3. The summed E-state index contributed by atoms with van der Waals surface area (Å²) >= 11 is 0. The smallest absolute Gasteiger partial charge is 0.224 e. The Morgan fingerprint density at radius 2 is 1.76 bits per heavy atom. The standard InChI is InChI=1S/C20H23FN2O2/c21-18-9-5-4-8-17(18)14-20(24)22-15-19(16-6-2-1-3-7-16)23-10-12-25-13-11-23/h1-9,19H,10-15H2,(H,22,24). The number of carbonyl (C=O) groups is 1.